The molecule has 0 atom stereocenters. The Morgan fingerprint density at radius 1 is 1.24 bits per heavy atom. The lowest BCUT2D eigenvalue weighted by Gasteiger charge is -2.17. The number of fused-ring (bicyclic) bond motifs is 1. The molecule has 0 unspecified atom stereocenters. The van der Waals surface area contributed by atoms with Crippen molar-refractivity contribution in [2.75, 3.05) is 11.9 Å². The maximum atomic E-state index is 5.83. The fourth-order valence-corrected chi connectivity index (χ4v) is 2.63. The number of nitrogens with zero attached hydrogens (tertiary/aromatic N) is 1. The van der Waals surface area contributed by atoms with Crippen molar-refractivity contribution in [2.45, 2.75) is 53.6 Å². The number of pyridine rings is 1. The molecule has 114 valence electrons. The van der Waals surface area contributed by atoms with Gasteiger partial charge in [-0.25, -0.2) is 0 Å². The number of anilines is 1. The molecule has 0 spiro atoms. The Morgan fingerprint density at radius 2 is 2.00 bits per heavy atom. The second-order valence-electron chi connectivity index (χ2n) is 5.68. The minimum absolute atomic E-state index is 0.179. The maximum Gasteiger partial charge on any atom is 0.120 e. The summed E-state index contributed by atoms with van der Waals surface area (Å²) in [6.07, 6.45) is 2.27. The van der Waals surface area contributed by atoms with Crippen LogP contribution in [0.15, 0.2) is 18.2 Å². The highest BCUT2D eigenvalue weighted by Gasteiger charge is 2.12. The summed E-state index contributed by atoms with van der Waals surface area (Å²) < 4.78 is 5.83. The molecule has 3 heteroatoms. The van der Waals surface area contributed by atoms with Crippen LogP contribution >= 0.6 is 0 Å². The Hall–Kier alpha value is -1.77. The standard InChI is InChI=1S/C18H26N2O/c1-6-10-19-18-15(7-2)13(5)20-17-9-8-14(11-16(17)18)21-12(3)4/h8-9,11-12H,6-7,10H2,1-5H3,(H,19,20). The van der Waals surface area contributed by atoms with Gasteiger partial charge in [0, 0.05) is 23.3 Å². The van der Waals surface area contributed by atoms with Crippen LogP contribution in [0.1, 0.15) is 45.4 Å². The quantitative estimate of drug-likeness (QED) is 0.834. The van der Waals surface area contributed by atoms with Crippen LogP contribution in [0, 0.1) is 6.92 Å². The normalized spacial score (nSPS) is 11.1. The first kappa shape index (κ1) is 15.6. The first-order valence-corrected chi connectivity index (χ1v) is 7.90. The predicted octanol–water partition coefficient (Wildman–Crippen LogP) is 4.71. The molecular formula is C18H26N2O. The summed E-state index contributed by atoms with van der Waals surface area (Å²) in [5, 5.41) is 4.74. The molecule has 1 aromatic heterocycles. The van der Waals surface area contributed by atoms with Gasteiger partial charge in [-0.05, 0) is 57.4 Å². The molecule has 0 amide bonds. The summed E-state index contributed by atoms with van der Waals surface area (Å²) in [4.78, 5) is 4.74. The van der Waals surface area contributed by atoms with Crippen LogP contribution < -0.4 is 10.1 Å². The van der Waals surface area contributed by atoms with E-state index in [1.165, 1.54) is 11.3 Å². The Morgan fingerprint density at radius 3 is 2.62 bits per heavy atom. The fraction of sp³-hybridized carbons (Fsp3) is 0.500. The summed E-state index contributed by atoms with van der Waals surface area (Å²) in [6.45, 7) is 11.5. The monoisotopic (exact) mass is 286 g/mol. The molecule has 0 aliphatic rings. The zero-order valence-electron chi connectivity index (χ0n) is 13.8. The Bertz CT molecular complexity index is 620. The first-order chi connectivity index (χ1) is 10.1. The van der Waals surface area contributed by atoms with Gasteiger partial charge in [0.05, 0.1) is 11.6 Å². The van der Waals surface area contributed by atoms with Crippen molar-refractivity contribution >= 4 is 16.6 Å². The molecule has 0 aliphatic carbocycles. The van der Waals surface area contributed by atoms with Gasteiger partial charge >= 0.3 is 0 Å². The summed E-state index contributed by atoms with van der Waals surface area (Å²) in [5.74, 6) is 0.907. The molecule has 3 nitrogen and oxygen atoms in total. The van der Waals surface area contributed by atoms with Crippen LogP contribution in [-0.4, -0.2) is 17.6 Å². The van der Waals surface area contributed by atoms with Crippen molar-refractivity contribution in [3.8, 4) is 5.75 Å². The Kier molecular flexibility index (Phi) is 5.05. The number of benzene rings is 1. The van der Waals surface area contributed by atoms with Crippen molar-refractivity contribution in [3.63, 3.8) is 0 Å². The van der Waals surface area contributed by atoms with Crippen molar-refractivity contribution in [1.29, 1.82) is 0 Å². The Balaban J connectivity index is 2.59. The average Bonchev–Trinajstić information content (AvgIpc) is 2.44. The minimum atomic E-state index is 0.179. The molecule has 2 rings (SSSR count). The van der Waals surface area contributed by atoms with Crippen LogP contribution in [-0.2, 0) is 6.42 Å². The first-order valence-electron chi connectivity index (χ1n) is 7.90. The molecule has 2 aromatic rings. The lowest BCUT2D eigenvalue weighted by molar-refractivity contribution is 0.243. The van der Waals surface area contributed by atoms with Crippen molar-refractivity contribution in [3.05, 3.63) is 29.5 Å². The number of nitrogens with one attached hydrogen (secondary N) is 1. The van der Waals surface area contributed by atoms with Crippen LogP contribution in [0.5, 0.6) is 5.75 Å². The molecule has 21 heavy (non-hydrogen) atoms. The molecular weight excluding hydrogens is 260 g/mol. The van der Waals surface area contributed by atoms with E-state index in [-0.39, 0.29) is 6.10 Å². The van der Waals surface area contributed by atoms with E-state index < -0.39 is 0 Å². The van der Waals surface area contributed by atoms with Gasteiger partial charge in [-0.3, -0.25) is 4.98 Å². The lowest BCUT2D eigenvalue weighted by atomic mass is 10.0. The van der Waals surface area contributed by atoms with Gasteiger partial charge in [-0.2, -0.15) is 0 Å². The summed E-state index contributed by atoms with van der Waals surface area (Å²) >= 11 is 0. The predicted molar refractivity (Wildman–Crippen MR) is 90.4 cm³/mol. The largest absolute Gasteiger partial charge is 0.491 e. The van der Waals surface area contributed by atoms with E-state index in [2.05, 4.69) is 38.2 Å². The van der Waals surface area contributed by atoms with Crippen molar-refractivity contribution in [1.82, 2.24) is 4.98 Å². The maximum absolute atomic E-state index is 5.83. The van der Waals surface area contributed by atoms with Crippen LogP contribution in [0.4, 0.5) is 5.69 Å². The molecule has 1 heterocycles. The Labute approximate surface area is 127 Å². The van der Waals surface area contributed by atoms with Gasteiger partial charge in [-0.15, -0.1) is 0 Å². The smallest absolute Gasteiger partial charge is 0.120 e. The van der Waals surface area contributed by atoms with Crippen LogP contribution in [0.25, 0.3) is 10.9 Å². The van der Waals surface area contributed by atoms with E-state index in [9.17, 15) is 0 Å². The topological polar surface area (TPSA) is 34.2 Å². The van der Waals surface area contributed by atoms with Gasteiger partial charge in [0.15, 0.2) is 0 Å². The third-order valence-electron chi connectivity index (χ3n) is 3.54. The highest BCUT2D eigenvalue weighted by atomic mass is 16.5. The van der Waals surface area contributed by atoms with E-state index in [4.69, 9.17) is 9.72 Å². The molecule has 0 bridgehead atoms. The summed E-state index contributed by atoms with van der Waals surface area (Å²) in [5.41, 5.74) is 4.66. The van der Waals surface area contributed by atoms with Gasteiger partial charge < -0.3 is 10.1 Å². The molecule has 1 N–H and O–H groups in total. The summed E-state index contributed by atoms with van der Waals surface area (Å²) in [7, 11) is 0. The SMILES string of the molecule is CCCNc1c(CC)c(C)nc2ccc(OC(C)C)cc12. The van der Waals surface area contributed by atoms with Crippen LogP contribution in [0.3, 0.4) is 0 Å². The highest BCUT2D eigenvalue weighted by molar-refractivity contribution is 5.94. The molecule has 0 saturated carbocycles. The van der Waals surface area contributed by atoms with Gasteiger partial charge in [0.1, 0.15) is 5.75 Å². The third kappa shape index (κ3) is 3.46. The molecule has 0 radical (unpaired) electrons. The van der Waals surface area contributed by atoms with E-state index in [1.807, 2.05) is 19.9 Å². The van der Waals surface area contributed by atoms with Gasteiger partial charge in [-0.1, -0.05) is 13.8 Å². The minimum Gasteiger partial charge on any atom is -0.491 e. The molecule has 0 saturated heterocycles. The fourth-order valence-electron chi connectivity index (χ4n) is 2.63. The number of aryl methyl sites for hydroxylation is 1. The van der Waals surface area contributed by atoms with E-state index in [0.717, 1.165) is 41.7 Å². The third-order valence-corrected chi connectivity index (χ3v) is 3.54. The van der Waals surface area contributed by atoms with Crippen molar-refractivity contribution < 1.29 is 4.74 Å². The molecule has 0 fully saturated rings. The number of hydrogen-bond donors (Lipinski definition) is 1. The van der Waals surface area contributed by atoms with E-state index in [0.29, 0.717) is 0 Å². The second kappa shape index (κ2) is 6.79. The van der Waals surface area contributed by atoms with Crippen LogP contribution in [0.2, 0.25) is 0 Å². The van der Waals surface area contributed by atoms with Crippen molar-refractivity contribution in [2.24, 2.45) is 0 Å². The number of rotatable bonds is 6. The van der Waals surface area contributed by atoms with E-state index in [1.54, 1.807) is 0 Å². The number of hydrogen-bond acceptors (Lipinski definition) is 3. The number of aromatic nitrogens is 1. The van der Waals surface area contributed by atoms with Gasteiger partial charge in [0.2, 0.25) is 0 Å². The molecule has 0 aliphatic heterocycles. The van der Waals surface area contributed by atoms with E-state index >= 15 is 0 Å². The molecule has 1 aromatic carbocycles. The van der Waals surface area contributed by atoms with Gasteiger partial charge in [0.25, 0.3) is 0 Å². The zero-order chi connectivity index (χ0) is 15.4. The lowest BCUT2D eigenvalue weighted by Crippen LogP contribution is -2.08. The average molecular weight is 286 g/mol. The second-order valence-corrected chi connectivity index (χ2v) is 5.68. The zero-order valence-corrected chi connectivity index (χ0v) is 13.8. The highest BCUT2D eigenvalue weighted by Crippen LogP contribution is 2.32. The number of ether oxygens (including phenoxy) is 1. The summed E-state index contributed by atoms with van der Waals surface area (Å²) in [6, 6.07) is 6.17.